The molecule has 0 aromatic carbocycles. The number of hydrogen-bond donors (Lipinski definition) is 1. The monoisotopic (exact) mass is 184 g/mol. The van der Waals surface area contributed by atoms with Crippen molar-refractivity contribution in [2.75, 3.05) is 6.61 Å². The largest absolute Gasteiger partial charge is 0.481 e. The molecule has 0 saturated heterocycles. The Morgan fingerprint density at radius 3 is 2.54 bits per heavy atom. The van der Waals surface area contributed by atoms with Gasteiger partial charge in [0.25, 0.3) is 0 Å². The molecule has 0 aliphatic heterocycles. The second kappa shape index (κ2) is 4.07. The Balaban J connectivity index is 2.47. The van der Waals surface area contributed by atoms with Crippen LogP contribution in [-0.2, 0) is 14.3 Å². The summed E-state index contributed by atoms with van der Waals surface area (Å²) in [5.41, 5.74) is 0. The van der Waals surface area contributed by atoms with Gasteiger partial charge in [0.15, 0.2) is 0 Å². The highest BCUT2D eigenvalue weighted by atomic mass is 16.5. The fourth-order valence-electron chi connectivity index (χ4n) is 1.31. The Morgan fingerprint density at radius 1 is 1.46 bits per heavy atom. The van der Waals surface area contributed by atoms with E-state index in [1.54, 1.807) is 19.1 Å². The Labute approximate surface area is 76.2 Å². The Kier molecular flexibility index (Phi) is 3.06. The van der Waals surface area contributed by atoms with Gasteiger partial charge < -0.3 is 9.84 Å². The molecule has 0 unspecified atom stereocenters. The van der Waals surface area contributed by atoms with E-state index >= 15 is 0 Å². The van der Waals surface area contributed by atoms with Gasteiger partial charge in [0.2, 0.25) is 0 Å². The zero-order chi connectivity index (χ0) is 9.84. The Hall–Kier alpha value is -1.32. The van der Waals surface area contributed by atoms with Crippen LogP contribution in [0.4, 0.5) is 0 Å². The van der Waals surface area contributed by atoms with Crippen LogP contribution in [-0.4, -0.2) is 23.7 Å². The summed E-state index contributed by atoms with van der Waals surface area (Å²) in [4.78, 5) is 21.7. The molecule has 0 amide bonds. The van der Waals surface area contributed by atoms with E-state index in [4.69, 9.17) is 9.84 Å². The predicted octanol–water partition coefficient (Wildman–Crippen LogP) is 0.826. The first-order valence-corrected chi connectivity index (χ1v) is 4.23. The second-order valence-corrected chi connectivity index (χ2v) is 2.92. The van der Waals surface area contributed by atoms with E-state index in [0.29, 0.717) is 13.0 Å². The lowest BCUT2D eigenvalue weighted by molar-refractivity contribution is -0.147. The molecule has 1 rings (SSSR count). The lowest BCUT2D eigenvalue weighted by Gasteiger charge is -2.07. The topological polar surface area (TPSA) is 63.6 Å². The van der Waals surface area contributed by atoms with Crippen LogP contribution in [0.5, 0.6) is 0 Å². The Morgan fingerprint density at radius 2 is 2.08 bits per heavy atom. The Bertz CT molecular complexity index is 244. The number of carboxylic acids is 1. The molecule has 13 heavy (non-hydrogen) atoms. The van der Waals surface area contributed by atoms with Crippen molar-refractivity contribution < 1.29 is 19.4 Å². The highest BCUT2D eigenvalue weighted by molar-refractivity contribution is 5.79. The lowest BCUT2D eigenvalue weighted by Crippen LogP contribution is -2.17. The summed E-state index contributed by atoms with van der Waals surface area (Å²) < 4.78 is 4.77. The van der Waals surface area contributed by atoms with Crippen LogP contribution in [0.2, 0.25) is 0 Å². The number of carboxylic acid groups (broad SMARTS) is 1. The van der Waals surface area contributed by atoms with Crippen molar-refractivity contribution in [2.24, 2.45) is 11.8 Å². The summed E-state index contributed by atoms with van der Waals surface area (Å²) in [5.74, 6) is -2.12. The van der Waals surface area contributed by atoms with Gasteiger partial charge in [-0.1, -0.05) is 12.2 Å². The van der Waals surface area contributed by atoms with Gasteiger partial charge in [-0.2, -0.15) is 0 Å². The maximum Gasteiger partial charge on any atom is 0.312 e. The summed E-state index contributed by atoms with van der Waals surface area (Å²) in [5, 5.41) is 8.64. The fraction of sp³-hybridized carbons (Fsp3) is 0.556. The molecule has 0 bridgehead atoms. The minimum Gasteiger partial charge on any atom is -0.481 e. The van der Waals surface area contributed by atoms with Gasteiger partial charge in [-0.05, 0) is 13.3 Å². The van der Waals surface area contributed by atoms with Crippen LogP contribution in [0.3, 0.4) is 0 Å². The number of carbonyl (C=O) groups excluding carboxylic acids is 1. The zero-order valence-corrected chi connectivity index (χ0v) is 7.40. The van der Waals surface area contributed by atoms with E-state index in [9.17, 15) is 9.59 Å². The summed E-state index contributed by atoms with van der Waals surface area (Å²) >= 11 is 0. The molecule has 0 fully saturated rings. The molecular weight excluding hydrogens is 172 g/mol. The zero-order valence-electron chi connectivity index (χ0n) is 7.40. The summed E-state index contributed by atoms with van der Waals surface area (Å²) in [6.45, 7) is 2.06. The van der Waals surface area contributed by atoms with Crippen LogP contribution in [0.25, 0.3) is 0 Å². The highest BCUT2D eigenvalue weighted by Crippen LogP contribution is 2.24. The first-order chi connectivity index (χ1) is 6.15. The van der Waals surface area contributed by atoms with E-state index in [1.165, 1.54) is 0 Å². The van der Waals surface area contributed by atoms with E-state index in [2.05, 4.69) is 0 Å². The second-order valence-electron chi connectivity index (χ2n) is 2.92. The first-order valence-electron chi connectivity index (χ1n) is 4.23. The molecule has 0 radical (unpaired) electrons. The molecule has 1 N–H and O–H groups in total. The quantitative estimate of drug-likeness (QED) is 0.521. The minimum atomic E-state index is -0.886. The van der Waals surface area contributed by atoms with E-state index in [0.717, 1.165) is 0 Å². The number of aliphatic carboxylic acids is 1. The van der Waals surface area contributed by atoms with Gasteiger partial charge in [0.05, 0.1) is 18.4 Å². The van der Waals surface area contributed by atoms with Crippen molar-refractivity contribution in [2.45, 2.75) is 13.3 Å². The summed E-state index contributed by atoms with van der Waals surface area (Å²) in [7, 11) is 0. The van der Waals surface area contributed by atoms with Crippen LogP contribution < -0.4 is 0 Å². The van der Waals surface area contributed by atoms with Crippen LogP contribution >= 0.6 is 0 Å². The maximum absolute atomic E-state index is 11.1. The number of hydrogen-bond acceptors (Lipinski definition) is 3. The van der Waals surface area contributed by atoms with E-state index in [-0.39, 0.29) is 11.9 Å². The number of rotatable bonds is 3. The molecule has 2 atom stereocenters. The van der Waals surface area contributed by atoms with Gasteiger partial charge in [-0.15, -0.1) is 0 Å². The fourth-order valence-corrected chi connectivity index (χ4v) is 1.31. The molecule has 0 spiro atoms. The van der Waals surface area contributed by atoms with Gasteiger partial charge in [-0.3, -0.25) is 9.59 Å². The predicted molar refractivity (Wildman–Crippen MR) is 45.0 cm³/mol. The van der Waals surface area contributed by atoms with Crippen LogP contribution in [0, 0.1) is 11.8 Å². The first kappa shape index (κ1) is 9.77. The van der Waals surface area contributed by atoms with Crippen molar-refractivity contribution in [3.05, 3.63) is 12.2 Å². The van der Waals surface area contributed by atoms with Gasteiger partial charge in [-0.25, -0.2) is 0 Å². The molecule has 0 saturated carbocycles. The molecule has 72 valence electrons. The van der Waals surface area contributed by atoms with Crippen LogP contribution in [0.15, 0.2) is 12.2 Å². The maximum atomic E-state index is 11.1. The van der Waals surface area contributed by atoms with Crippen molar-refractivity contribution in [1.29, 1.82) is 0 Å². The molecule has 1 aliphatic carbocycles. The normalized spacial score (nSPS) is 25.9. The van der Waals surface area contributed by atoms with Crippen LogP contribution in [0.1, 0.15) is 13.3 Å². The molecule has 1 aliphatic rings. The standard InChI is InChI=1S/C9H12O4/c1-2-13-9(12)7-4-3-6(5-7)8(10)11/h3-4,6-7H,2,5H2,1H3,(H,10,11)/t6-,7+/m1/s1. The molecular formula is C9H12O4. The lowest BCUT2D eigenvalue weighted by atomic mass is 10.0. The van der Waals surface area contributed by atoms with E-state index in [1.807, 2.05) is 0 Å². The molecule has 4 heteroatoms. The van der Waals surface area contributed by atoms with E-state index < -0.39 is 11.9 Å². The average Bonchev–Trinajstić information content (AvgIpc) is 2.52. The van der Waals surface area contributed by atoms with Crippen molar-refractivity contribution >= 4 is 11.9 Å². The third kappa shape index (κ3) is 2.31. The highest BCUT2D eigenvalue weighted by Gasteiger charge is 2.29. The number of carbonyl (C=O) groups is 2. The summed E-state index contributed by atoms with van der Waals surface area (Å²) in [6.07, 6.45) is 3.48. The van der Waals surface area contributed by atoms with Crippen molar-refractivity contribution in [3.8, 4) is 0 Å². The SMILES string of the molecule is CCOC(=O)[C@H]1C=C[C@@H](C(=O)O)C1. The van der Waals surface area contributed by atoms with Gasteiger partial charge in [0.1, 0.15) is 0 Å². The van der Waals surface area contributed by atoms with Gasteiger partial charge in [0, 0.05) is 0 Å². The summed E-state index contributed by atoms with van der Waals surface area (Å²) in [6, 6.07) is 0. The molecule has 0 aromatic heterocycles. The van der Waals surface area contributed by atoms with Gasteiger partial charge >= 0.3 is 11.9 Å². The molecule has 0 heterocycles. The molecule has 4 nitrogen and oxygen atoms in total. The smallest absolute Gasteiger partial charge is 0.312 e. The molecule has 0 aromatic rings. The minimum absolute atomic E-state index is 0.328. The van der Waals surface area contributed by atoms with Crippen molar-refractivity contribution in [1.82, 2.24) is 0 Å². The number of esters is 1. The van der Waals surface area contributed by atoms with Crippen molar-refractivity contribution in [3.63, 3.8) is 0 Å². The third-order valence-corrected chi connectivity index (χ3v) is 1.99. The third-order valence-electron chi connectivity index (χ3n) is 1.99. The average molecular weight is 184 g/mol. The number of ether oxygens (including phenoxy) is 1.